The monoisotopic (exact) mass is 186 g/mol. The molecule has 0 aliphatic heterocycles. The average Bonchev–Trinajstić information content (AvgIpc) is 2.45. The quantitative estimate of drug-likeness (QED) is 0.467. The molecule has 0 spiro atoms. The van der Waals surface area contributed by atoms with Gasteiger partial charge >= 0.3 is 12.0 Å². The Morgan fingerprint density at radius 2 is 2.62 bits per heavy atom. The van der Waals surface area contributed by atoms with Crippen LogP contribution in [0.1, 0.15) is 5.82 Å². The lowest BCUT2D eigenvalue weighted by atomic mass is 10.7. The Hall–Kier alpha value is -2.12. The van der Waals surface area contributed by atoms with E-state index in [1.807, 2.05) is 0 Å². The number of nitrogen functional groups attached to an aromatic ring is 1. The zero-order valence-electron chi connectivity index (χ0n) is 6.38. The molecule has 0 aromatic carbocycles. The van der Waals surface area contributed by atoms with Gasteiger partial charge in [-0.3, -0.25) is 0 Å². The van der Waals surface area contributed by atoms with Gasteiger partial charge in [-0.15, -0.1) is 0 Å². The molecule has 0 amide bonds. The second-order valence-electron chi connectivity index (χ2n) is 1.90. The van der Waals surface area contributed by atoms with E-state index < -0.39 is 5.97 Å². The van der Waals surface area contributed by atoms with Crippen molar-refractivity contribution < 1.29 is 19.3 Å². The summed E-state index contributed by atoms with van der Waals surface area (Å²) in [5.41, 5.74) is 5.10. The summed E-state index contributed by atoms with van der Waals surface area (Å²) in [6.07, 6.45) is 0.601. The number of oxime groups is 1. The highest BCUT2D eigenvalue weighted by molar-refractivity contribution is 6.21. The van der Waals surface area contributed by atoms with Crippen molar-refractivity contribution in [2.45, 2.75) is 6.61 Å². The Morgan fingerprint density at radius 3 is 3.15 bits per heavy atom. The van der Waals surface area contributed by atoms with Crippen LogP contribution in [-0.4, -0.2) is 27.4 Å². The van der Waals surface area contributed by atoms with Crippen molar-refractivity contribution in [3.63, 3.8) is 0 Å². The predicted octanol–water partition coefficient (Wildman–Crippen LogP) is -0.761. The van der Waals surface area contributed by atoms with E-state index in [0.717, 1.165) is 0 Å². The number of nitrogens with zero attached hydrogens (tertiary/aromatic N) is 3. The maximum Gasteiger partial charge on any atom is 0.350 e. The first kappa shape index (κ1) is 8.97. The van der Waals surface area contributed by atoms with Crippen LogP contribution in [0.15, 0.2) is 9.68 Å². The van der Waals surface area contributed by atoms with Crippen LogP contribution in [0.3, 0.4) is 0 Å². The Labute approximate surface area is 72.0 Å². The molecule has 0 aliphatic carbocycles. The number of carbonyl (C=O) groups is 1. The van der Waals surface area contributed by atoms with Gasteiger partial charge in [0.25, 0.3) is 0 Å². The first-order valence-electron chi connectivity index (χ1n) is 3.15. The largest absolute Gasteiger partial charge is 0.477 e. The average molecular weight is 186 g/mol. The number of hydrogen-bond acceptors (Lipinski definition) is 7. The lowest BCUT2D eigenvalue weighted by molar-refractivity contribution is -0.129. The third kappa shape index (κ3) is 3.18. The highest BCUT2D eigenvalue weighted by Crippen LogP contribution is 1.98. The lowest BCUT2D eigenvalue weighted by Crippen LogP contribution is -1.97. The van der Waals surface area contributed by atoms with Crippen LogP contribution in [-0.2, 0) is 16.2 Å². The third-order valence-corrected chi connectivity index (χ3v) is 0.915. The van der Waals surface area contributed by atoms with E-state index in [1.54, 1.807) is 0 Å². The molecule has 13 heavy (non-hydrogen) atoms. The minimum absolute atomic E-state index is 0.0826. The molecule has 8 nitrogen and oxygen atoms in total. The van der Waals surface area contributed by atoms with Crippen LogP contribution in [0.25, 0.3) is 0 Å². The van der Waals surface area contributed by atoms with Gasteiger partial charge in [0.05, 0.1) is 0 Å². The van der Waals surface area contributed by atoms with Gasteiger partial charge in [-0.2, -0.15) is 4.98 Å². The fraction of sp³-hybridized carbons (Fsp3) is 0.200. The summed E-state index contributed by atoms with van der Waals surface area (Å²) < 4.78 is 4.41. The van der Waals surface area contributed by atoms with E-state index >= 15 is 0 Å². The number of carboxylic acids is 1. The molecule has 0 atom stereocenters. The summed E-state index contributed by atoms with van der Waals surface area (Å²) in [5, 5.41) is 14.6. The molecule has 1 heterocycles. The molecule has 1 aromatic rings. The summed E-state index contributed by atoms with van der Waals surface area (Å²) in [6.45, 7) is -0.0928. The van der Waals surface area contributed by atoms with Crippen LogP contribution in [0.5, 0.6) is 0 Å². The van der Waals surface area contributed by atoms with Gasteiger partial charge in [-0.05, 0) is 0 Å². The van der Waals surface area contributed by atoms with Crippen molar-refractivity contribution in [1.82, 2.24) is 10.1 Å². The molecule has 3 N–H and O–H groups in total. The summed E-state index contributed by atoms with van der Waals surface area (Å²) in [5.74, 6) is -1.01. The van der Waals surface area contributed by atoms with E-state index in [2.05, 4.69) is 24.7 Å². The standard InChI is InChI=1S/C5H6N4O4/c6-5-8-3(9-13-5)2-12-7-1-4(10)11/h1H,2H2,(H,10,11)(H2,6,8,9)/b7-1+. The molecule has 1 aromatic heterocycles. The topological polar surface area (TPSA) is 124 Å². The molecule has 0 aliphatic rings. The number of hydrogen-bond donors (Lipinski definition) is 2. The van der Waals surface area contributed by atoms with E-state index in [4.69, 9.17) is 10.8 Å². The molecular weight excluding hydrogens is 180 g/mol. The van der Waals surface area contributed by atoms with Gasteiger partial charge < -0.3 is 20.2 Å². The predicted molar refractivity (Wildman–Crippen MR) is 39.6 cm³/mol. The summed E-state index contributed by atoms with van der Waals surface area (Å²) >= 11 is 0. The molecule has 0 unspecified atom stereocenters. The van der Waals surface area contributed by atoms with Crippen molar-refractivity contribution in [3.05, 3.63) is 5.82 Å². The zero-order chi connectivity index (χ0) is 9.68. The van der Waals surface area contributed by atoms with Crippen LogP contribution in [0.4, 0.5) is 6.01 Å². The molecule has 0 bridgehead atoms. The highest BCUT2D eigenvalue weighted by Gasteiger charge is 2.01. The van der Waals surface area contributed by atoms with Crippen LogP contribution < -0.4 is 5.73 Å². The summed E-state index contributed by atoms with van der Waals surface area (Å²) in [6, 6.07) is -0.0826. The zero-order valence-corrected chi connectivity index (χ0v) is 6.38. The van der Waals surface area contributed by atoms with Crippen LogP contribution >= 0.6 is 0 Å². The molecule has 0 fully saturated rings. The number of aromatic nitrogens is 2. The molecule has 70 valence electrons. The minimum Gasteiger partial charge on any atom is -0.477 e. The van der Waals surface area contributed by atoms with Gasteiger partial charge in [-0.1, -0.05) is 10.3 Å². The van der Waals surface area contributed by atoms with Crippen LogP contribution in [0, 0.1) is 0 Å². The molecule has 8 heteroatoms. The molecular formula is C5H6N4O4. The Balaban J connectivity index is 2.31. The number of anilines is 1. The fourth-order valence-corrected chi connectivity index (χ4v) is 0.503. The van der Waals surface area contributed by atoms with E-state index in [9.17, 15) is 4.79 Å². The van der Waals surface area contributed by atoms with Crippen molar-refractivity contribution in [3.8, 4) is 0 Å². The normalized spacial score (nSPS) is 10.5. The third-order valence-electron chi connectivity index (χ3n) is 0.915. The second-order valence-corrected chi connectivity index (χ2v) is 1.90. The van der Waals surface area contributed by atoms with E-state index in [1.165, 1.54) is 0 Å². The van der Waals surface area contributed by atoms with E-state index in [-0.39, 0.29) is 18.4 Å². The number of nitrogens with two attached hydrogens (primary N) is 1. The van der Waals surface area contributed by atoms with Crippen molar-refractivity contribution in [2.75, 3.05) is 5.73 Å². The summed E-state index contributed by atoms with van der Waals surface area (Å²) in [7, 11) is 0. The first-order chi connectivity index (χ1) is 6.18. The molecule has 0 saturated heterocycles. The SMILES string of the molecule is Nc1nc(CO/N=C/C(=O)O)no1. The van der Waals surface area contributed by atoms with Crippen molar-refractivity contribution in [2.24, 2.45) is 5.16 Å². The number of carboxylic acid groups (broad SMARTS) is 1. The van der Waals surface area contributed by atoms with Crippen molar-refractivity contribution >= 4 is 18.2 Å². The fourth-order valence-electron chi connectivity index (χ4n) is 0.503. The number of aliphatic carboxylic acids is 1. The Kier molecular flexibility index (Phi) is 2.79. The summed E-state index contributed by atoms with van der Waals surface area (Å²) in [4.78, 5) is 18.0. The van der Waals surface area contributed by atoms with Crippen molar-refractivity contribution in [1.29, 1.82) is 0 Å². The Bertz CT molecular complexity index is 320. The smallest absolute Gasteiger partial charge is 0.350 e. The maximum absolute atomic E-state index is 9.92. The maximum atomic E-state index is 9.92. The highest BCUT2D eigenvalue weighted by atomic mass is 16.6. The van der Waals surface area contributed by atoms with Gasteiger partial charge in [0.15, 0.2) is 12.8 Å². The van der Waals surface area contributed by atoms with Gasteiger partial charge in [0.1, 0.15) is 0 Å². The molecule has 1 rings (SSSR count). The first-order valence-corrected chi connectivity index (χ1v) is 3.15. The Morgan fingerprint density at radius 1 is 1.85 bits per heavy atom. The molecule has 0 saturated carbocycles. The van der Waals surface area contributed by atoms with Gasteiger partial charge in [-0.25, -0.2) is 4.79 Å². The van der Waals surface area contributed by atoms with E-state index in [0.29, 0.717) is 6.21 Å². The lowest BCUT2D eigenvalue weighted by Gasteiger charge is -1.89. The van der Waals surface area contributed by atoms with Crippen LogP contribution in [0.2, 0.25) is 0 Å². The van der Waals surface area contributed by atoms with Gasteiger partial charge in [0.2, 0.25) is 5.82 Å². The molecule has 0 radical (unpaired) electrons. The van der Waals surface area contributed by atoms with Gasteiger partial charge in [0, 0.05) is 0 Å². The minimum atomic E-state index is -1.20. The second kappa shape index (κ2) is 4.04. The number of rotatable bonds is 4.